The van der Waals surface area contributed by atoms with Crippen molar-refractivity contribution in [1.29, 1.82) is 0 Å². The molecule has 0 fully saturated rings. The van der Waals surface area contributed by atoms with Crippen LogP contribution in [0.15, 0.2) is 79.0 Å². The van der Waals surface area contributed by atoms with Crippen LogP contribution in [-0.2, 0) is 9.53 Å². The first-order chi connectivity index (χ1) is 20.7. The van der Waals surface area contributed by atoms with Gasteiger partial charge in [0.05, 0.1) is 30.5 Å². The van der Waals surface area contributed by atoms with Crippen molar-refractivity contribution in [2.45, 2.75) is 31.9 Å². The molecule has 0 aliphatic heterocycles. The standard InChI is InChI=1S/C32H32F4N4O3/c1-42-18-16-37-28(41)11-7-2-3-8-17-43-29-15-13-24(21-38-29)30(23-12-14-27-25(19-23)31(33)40-39-27)26(20-32(34,35)36)22-9-5-4-6-10-22/h4-7,9-15,19,21H,2-3,8,16-18,20H2,1H3,(H,37,41)(H,39,40)/b11-7+,30-26-. The van der Waals surface area contributed by atoms with Gasteiger partial charge in [-0.3, -0.25) is 9.89 Å². The van der Waals surface area contributed by atoms with E-state index >= 15 is 0 Å². The molecule has 0 spiro atoms. The van der Waals surface area contributed by atoms with Crippen LogP contribution < -0.4 is 10.1 Å². The number of amides is 1. The molecule has 0 bridgehead atoms. The molecule has 11 heteroatoms. The summed E-state index contributed by atoms with van der Waals surface area (Å²) >= 11 is 0. The van der Waals surface area contributed by atoms with E-state index in [1.165, 1.54) is 18.3 Å². The molecule has 0 saturated carbocycles. The van der Waals surface area contributed by atoms with Crippen molar-refractivity contribution >= 4 is 28.0 Å². The third kappa shape index (κ3) is 9.24. The van der Waals surface area contributed by atoms with Gasteiger partial charge in [0.1, 0.15) is 0 Å². The van der Waals surface area contributed by atoms with Gasteiger partial charge in [-0.15, -0.1) is 0 Å². The number of H-pyrrole nitrogens is 1. The van der Waals surface area contributed by atoms with Gasteiger partial charge in [0, 0.05) is 31.5 Å². The summed E-state index contributed by atoms with van der Waals surface area (Å²) in [5.41, 5.74) is 1.89. The Balaban J connectivity index is 1.52. The van der Waals surface area contributed by atoms with Crippen LogP contribution in [0, 0.1) is 5.95 Å². The van der Waals surface area contributed by atoms with Gasteiger partial charge in [-0.2, -0.15) is 22.7 Å². The van der Waals surface area contributed by atoms with E-state index < -0.39 is 18.5 Å². The van der Waals surface area contributed by atoms with Gasteiger partial charge in [-0.1, -0.05) is 42.5 Å². The highest BCUT2D eigenvalue weighted by Gasteiger charge is 2.31. The van der Waals surface area contributed by atoms with Crippen LogP contribution in [0.3, 0.4) is 0 Å². The summed E-state index contributed by atoms with van der Waals surface area (Å²) in [6.45, 7) is 1.28. The van der Waals surface area contributed by atoms with Crippen LogP contribution in [0.25, 0.3) is 22.0 Å². The minimum Gasteiger partial charge on any atom is -0.478 e. The molecule has 2 N–H and O–H groups in total. The Morgan fingerprint density at radius 2 is 1.79 bits per heavy atom. The summed E-state index contributed by atoms with van der Waals surface area (Å²) in [7, 11) is 1.56. The number of pyridine rings is 1. The Bertz CT molecular complexity index is 1550. The molecule has 1 amide bonds. The minimum atomic E-state index is -4.50. The second-order valence-corrected chi connectivity index (χ2v) is 9.70. The van der Waals surface area contributed by atoms with Gasteiger partial charge >= 0.3 is 6.18 Å². The second kappa shape index (κ2) is 15.1. The van der Waals surface area contributed by atoms with E-state index in [0.29, 0.717) is 60.7 Å². The molecule has 0 atom stereocenters. The van der Waals surface area contributed by atoms with E-state index in [1.54, 1.807) is 67.8 Å². The van der Waals surface area contributed by atoms with Crippen molar-refractivity contribution in [1.82, 2.24) is 20.5 Å². The number of methoxy groups -OCH3 is 1. The highest BCUT2D eigenvalue weighted by atomic mass is 19.4. The van der Waals surface area contributed by atoms with Crippen molar-refractivity contribution in [3.05, 3.63) is 102 Å². The van der Waals surface area contributed by atoms with E-state index in [-0.39, 0.29) is 22.4 Å². The van der Waals surface area contributed by atoms with Crippen molar-refractivity contribution in [3.8, 4) is 5.88 Å². The highest BCUT2D eigenvalue weighted by molar-refractivity contribution is 6.00. The third-order valence-corrected chi connectivity index (χ3v) is 6.51. The van der Waals surface area contributed by atoms with E-state index in [9.17, 15) is 22.4 Å². The molecule has 2 heterocycles. The van der Waals surface area contributed by atoms with E-state index in [4.69, 9.17) is 9.47 Å². The Morgan fingerprint density at radius 3 is 2.51 bits per heavy atom. The number of aromatic nitrogens is 3. The quantitative estimate of drug-likeness (QED) is 0.0718. The first-order valence-corrected chi connectivity index (χ1v) is 13.8. The third-order valence-electron chi connectivity index (χ3n) is 6.51. The molecule has 2 aromatic carbocycles. The van der Waals surface area contributed by atoms with Crippen LogP contribution in [0.1, 0.15) is 42.4 Å². The SMILES string of the molecule is COCCNC(=O)/C=C/CCCCOc1ccc(/C(=C(/CC(F)(F)F)c2ccccc2)c2ccc3n[nH]c(F)c3c2)cn1. The predicted molar refractivity (Wildman–Crippen MR) is 157 cm³/mol. The van der Waals surface area contributed by atoms with E-state index in [1.807, 2.05) is 0 Å². The molecule has 4 rings (SSSR count). The normalized spacial score (nSPS) is 12.5. The van der Waals surface area contributed by atoms with Gasteiger partial charge in [-0.05, 0) is 65.8 Å². The fourth-order valence-electron chi connectivity index (χ4n) is 4.50. The van der Waals surface area contributed by atoms with Gasteiger partial charge in [-0.25, -0.2) is 4.98 Å². The lowest BCUT2D eigenvalue weighted by molar-refractivity contribution is -0.123. The molecule has 7 nitrogen and oxygen atoms in total. The van der Waals surface area contributed by atoms with Gasteiger partial charge in [0.25, 0.3) is 0 Å². The number of rotatable bonds is 14. The minimum absolute atomic E-state index is 0.0345. The summed E-state index contributed by atoms with van der Waals surface area (Å²) in [4.78, 5) is 16.0. The number of carbonyl (C=O) groups excluding carboxylic acids is 1. The number of unbranched alkanes of at least 4 members (excludes halogenated alkanes) is 2. The van der Waals surface area contributed by atoms with E-state index in [2.05, 4.69) is 20.5 Å². The summed E-state index contributed by atoms with van der Waals surface area (Å²) in [6, 6.07) is 16.2. The zero-order valence-corrected chi connectivity index (χ0v) is 23.6. The number of hydrogen-bond acceptors (Lipinski definition) is 5. The highest BCUT2D eigenvalue weighted by Crippen LogP contribution is 2.40. The lowest BCUT2D eigenvalue weighted by atomic mass is 9.88. The maximum atomic E-state index is 14.4. The topological polar surface area (TPSA) is 89.1 Å². The van der Waals surface area contributed by atoms with Gasteiger partial charge in [0.15, 0.2) is 0 Å². The number of nitrogens with one attached hydrogen (secondary N) is 2. The Morgan fingerprint density at radius 1 is 1.00 bits per heavy atom. The molecule has 0 aliphatic rings. The Kier molecular flexibility index (Phi) is 11.0. The number of fused-ring (bicyclic) bond motifs is 1. The van der Waals surface area contributed by atoms with E-state index in [0.717, 1.165) is 6.42 Å². The summed E-state index contributed by atoms with van der Waals surface area (Å²) in [5, 5.41) is 9.03. The van der Waals surface area contributed by atoms with Crippen LogP contribution in [0.4, 0.5) is 17.6 Å². The maximum Gasteiger partial charge on any atom is 0.393 e. The predicted octanol–water partition coefficient (Wildman–Crippen LogP) is 6.88. The number of carbonyl (C=O) groups is 1. The van der Waals surface area contributed by atoms with Crippen LogP contribution in [0.5, 0.6) is 5.88 Å². The summed E-state index contributed by atoms with van der Waals surface area (Å²) in [6.07, 6.45) is 1.25. The number of halogens is 4. The molecule has 0 radical (unpaired) electrons. The number of ether oxygens (including phenoxy) is 2. The number of nitrogens with zero attached hydrogens (tertiary/aromatic N) is 2. The number of benzene rings is 2. The molecule has 0 unspecified atom stereocenters. The van der Waals surface area contributed by atoms with Gasteiger partial charge < -0.3 is 14.8 Å². The van der Waals surface area contributed by atoms with Gasteiger partial charge in [0.2, 0.25) is 17.7 Å². The van der Waals surface area contributed by atoms with Crippen LogP contribution in [0.2, 0.25) is 0 Å². The van der Waals surface area contributed by atoms with Crippen molar-refractivity contribution in [2.75, 3.05) is 26.9 Å². The maximum absolute atomic E-state index is 14.4. The summed E-state index contributed by atoms with van der Waals surface area (Å²) in [5.74, 6) is -0.521. The van der Waals surface area contributed by atoms with Crippen molar-refractivity contribution < 1.29 is 31.8 Å². The molecule has 43 heavy (non-hydrogen) atoms. The number of allylic oxidation sites excluding steroid dienone is 2. The average molecular weight is 597 g/mol. The monoisotopic (exact) mass is 596 g/mol. The fourth-order valence-corrected chi connectivity index (χ4v) is 4.50. The first kappa shape index (κ1) is 31.4. The smallest absolute Gasteiger partial charge is 0.393 e. The first-order valence-electron chi connectivity index (χ1n) is 13.8. The molecule has 226 valence electrons. The number of alkyl halides is 3. The zero-order valence-electron chi connectivity index (χ0n) is 23.6. The molecule has 0 aliphatic carbocycles. The van der Waals surface area contributed by atoms with Crippen molar-refractivity contribution in [2.24, 2.45) is 0 Å². The largest absolute Gasteiger partial charge is 0.478 e. The lowest BCUT2D eigenvalue weighted by Crippen LogP contribution is -2.24. The lowest BCUT2D eigenvalue weighted by Gasteiger charge is -2.19. The molecular weight excluding hydrogens is 564 g/mol. The van der Waals surface area contributed by atoms with Crippen LogP contribution >= 0.6 is 0 Å². The molecule has 2 aromatic heterocycles. The average Bonchev–Trinajstić information content (AvgIpc) is 3.37. The molecule has 0 saturated heterocycles. The Hall–Kier alpha value is -4.51. The Labute approximate surface area is 246 Å². The number of aromatic amines is 1. The second-order valence-electron chi connectivity index (χ2n) is 9.70. The zero-order chi connectivity index (χ0) is 30.7. The van der Waals surface area contributed by atoms with Crippen molar-refractivity contribution in [3.63, 3.8) is 0 Å². The molecular formula is C32H32F4N4O3. The fraction of sp³-hybridized carbons (Fsp3) is 0.281. The number of hydrogen-bond donors (Lipinski definition) is 2. The van der Waals surface area contributed by atoms with Crippen LogP contribution in [-0.4, -0.2) is 54.1 Å². The summed E-state index contributed by atoms with van der Waals surface area (Å²) < 4.78 is 66.7. The molecule has 4 aromatic rings.